The van der Waals surface area contributed by atoms with E-state index in [2.05, 4.69) is 13.8 Å². The Bertz CT molecular complexity index is 874. The average molecular weight is 493 g/mol. The van der Waals surface area contributed by atoms with Crippen LogP contribution in [0.25, 0.3) is 0 Å². The molecule has 5 aliphatic heterocycles. The summed E-state index contributed by atoms with van der Waals surface area (Å²) in [6.45, 7) is 11.2. The molecule has 0 radical (unpaired) electrons. The summed E-state index contributed by atoms with van der Waals surface area (Å²) >= 11 is 0. The van der Waals surface area contributed by atoms with E-state index < -0.39 is 23.4 Å². The van der Waals surface area contributed by atoms with Gasteiger partial charge in [0.05, 0.1) is 31.3 Å². The van der Waals surface area contributed by atoms with Crippen LogP contribution in [0, 0.1) is 34.5 Å². The Morgan fingerprint density at radius 2 is 1.91 bits per heavy atom. The Hall–Kier alpha value is -1.22. The van der Waals surface area contributed by atoms with Crippen LogP contribution in [0.3, 0.4) is 0 Å². The third kappa shape index (κ3) is 3.25. The molecule has 2 saturated carbocycles. The number of fused-ring (bicyclic) bond motifs is 2. The van der Waals surface area contributed by atoms with E-state index in [9.17, 15) is 9.59 Å². The summed E-state index contributed by atoms with van der Waals surface area (Å²) in [6.07, 6.45) is 3.45. The fourth-order valence-corrected chi connectivity index (χ4v) is 8.46. The molecule has 2 spiro atoms. The minimum absolute atomic E-state index is 0.0222. The largest absolute Gasteiger partial charge is 0.462 e. The van der Waals surface area contributed by atoms with E-state index in [0.29, 0.717) is 25.4 Å². The zero-order chi connectivity index (χ0) is 24.8. The predicted octanol–water partition coefficient (Wildman–Crippen LogP) is 3.60. The molecular weight excluding hydrogens is 452 g/mol. The number of carbonyl (C=O) groups is 2. The van der Waals surface area contributed by atoms with E-state index in [1.54, 1.807) is 0 Å². The lowest BCUT2D eigenvalue weighted by atomic mass is 9.40. The van der Waals surface area contributed by atoms with Crippen LogP contribution in [0.15, 0.2) is 0 Å². The smallest absolute Gasteiger partial charge is 0.310 e. The third-order valence-electron chi connectivity index (χ3n) is 10.7. The normalized spacial score (nSPS) is 52.6. The van der Waals surface area contributed by atoms with E-state index in [-0.39, 0.29) is 53.6 Å². The number of ether oxygens (including phenoxy) is 6. The molecule has 196 valence electrons. The summed E-state index contributed by atoms with van der Waals surface area (Å²) in [5, 5.41) is 0. The lowest BCUT2D eigenvalue weighted by Crippen LogP contribution is -2.77. The van der Waals surface area contributed by atoms with Gasteiger partial charge in [0, 0.05) is 24.7 Å². The number of esters is 2. The van der Waals surface area contributed by atoms with Crippen LogP contribution in [0.2, 0.25) is 0 Å². The van der Waals surface area contributed by atoms with E-state index in [1.165, 1.54) is 6.92 Å². The highest BCUT2D eigenvalue weighted by Crippen LogP contribution is 2.74. The molecule has 5 saturated heterocycles. The van der Waals surface area contributed by atoms with Crippen molar-refractivity contribution in [3.63, 3.8) is 0 Å². The van der Waals surface area contributed by atoms with Crippen molar-refractivity contribution in [2.24, 2.45) is 34.5 Å². The number of epoxide rings is 1. The van der Waals surface area contributed by atoms with Gasteiger partial charge in [0.25, 0.3) is 0 Å². The van der Waals surface area contributed by atoms with Gasteiger partial charge in [0.15, 0.2) is 6.29 Å². The molecule has 0 N–H and O–H groups in total. The maximum atomic E-state index is 13.1. The number of hydrogen-bond acceptors (Lipinski definition) is 8. The second-order valence-electron chi connectivity index (χ2n) is 12.3. The second-order valence-corrected chi connectivity index (χ2v) is 12.3. The average Bonchev–Trinajstić information content (AvgIpc) is 3.23. The van der Waals surface area contributed by atoms with Crippen molar-refractivity contribution in [2.75, 3.05) is 13.2 Å². The Labute approximate surface area is 207 Å². The first-order valence-corrected chi connectivity index (χ1v) is 13.6. The van der Waals surface area contributed by atoms with Crippen LogP contribution in [0.1, 0.15) is 73.1 Å². The van der Waals surface area contributed by atoms with Crippen molar-refractivity contribution in [1.29, 1.82) is 0 Å². The van der Waals surface area contributed by atoms with Gasteiger partial charge in [-0.05, 0) is 43.9 Å². The molecule has 8 heteroatoms. The van der Waals surface area contributed by atoms with Crippen LogP contribution in [-0.4, -0.2) is 61.6 Å². The minimum Gasteiger partial charge on any atom is -0.462 e. The van der Waals surface area contributed by atoms with E-state index in [1.807, 2.05) is 13.8 Å². The van der Waals surface area contributed by atoms with Crippen molar-refractivity contribution in [3.05, 3.63) is 0 Å². The van der Waals surface area contributed by atoms with Gasteiger partial charge < -0.3 is 28.4 Å². The highest BCUT2D eigenvalue weighted by Gasteiger charge is 2.83. The van der Waals surface area contributed by atoms with Crippen molar-refractivity contribution < 1.29 is 38.0 Å². The van der Waals surface area contributed by atoms with Gasteiger partial charge in [-0.2, -0.15) is 0 Å². The molecule has 0 aromatic carbocycles. The molecule has 7 fully saturated rings. The summed E-state index contributed by atoms with van der Waals surface area (Å²) < 4.78 is 37.6. The van der Waals surface area contributed by atoms with Crippen molar-refractivity contribution in [1.82, 2.24) is 0 Å². The van der Waals surface area contributed by atoms with E-state index >= 15 is 0 Å². The molecule has 8 nitrogen and oxygen atoms in total. The van der Waals surface area contributed by atoms with Crippen molar-refractivity contribution in [3.8, 4) is 0 Å². The Balaban J connectivity index is 1.44. The SMILES string of the molecule is CCC(C)C(=O)O[C@H]1O[C@@H]2CC3C1(C(OC(C)=O)C[C@@H](C)[C@]3(C)[C@@H]1C[C@H]3CCO[C@H]3O1)C1(CO1)C2. The molecule has 0 amide bonds. The minimum atomic E-state index is -0.808. The monoisotopic (exact) mass is 492 g/mol. The molecule has 35 heavy (non-hydrogen) atoms. The predicted molar refractivity (Wildman–Crippen MR) is 123 cm³/mol. The molecule has 5 heterocycles. The van der Waals surface area contributed by atoms with Gasteiger partial charge >= 0.3 is 11.9 Å². The summed E-state index contributed by atoms with van der Waals surface area (Å²) in [7, 11) is 0. The maximum Gasteiger partial charge on any atom is 0.310 e. The van der Waals surface area contributed by atoms with Gasteiger partial charge in [-0.25, -0.2) is 0 Å². The number of hydrogen-bond donors (Lipinski definition) is 0. The maximum absolute atomic E-state index is 13.1. The molecule has 0 aromatic heterocycles. The van der Waals surface area contributed by atoms with Crippen molar-refractivity contribution >= 4 is 11.9 Å². The summed E-state index contributed by atoms with van der Waals surface area (Å²) in [5.74, 6) is -0.122. The lowest BCUT2D eigenvalue weighted by Gasteiger charge is -2.69. The molecular formula is C27H40O8. The van der Waals surface area contributed by atoms with E-state index in [4.69, 9.17) is 28.4 Å². The van der Waals surface area contributed by atoms with Crippen molar-refractivity contribution in [2.45, 2.75) is 110 Å². The Morgan fingerprint density at radius 3 is 2.57 bits per heavy atom. The molecule has 7 aliphatic rings. The van der Waals surface area contributed by atoms with Crippen LogP contribution in [-0.2, 0) is 38.0 Å². The first-order valence-electron chi connectivity index (χ1n) is 13.6. The summed E-state index contributed by atoms with van der Waals surface area (Å²) in [6, 6.07) is 0. The van der Waals surface area contributed by atoms with Gasteiger partial charge in [0.2, 0.25) is 6.29 Å². The third-order valence-corrected chi connectivity index (χ3v) is 10.7. The summed E-state index contributed by atoms with van der Waals surface area (Å²) in [4.78, 5) is 25.4. The fourth-order valence-electron chi connectivity index (χ4n) is 8.46. The van der Waals surface area contributed by atoms with Gasteiger partial charge in [-0.1, -0.05) is 27.7 Å². The van der Waals surface area contributed by atoms with Crippen LogP contribution < -0.4 is 0 Å². The molecule has 12 atom stereocenters. The Kier molecular flexibility index (Phi) is 5.61. The highest BCUT2D eigenvalue weighted by molar-refractivity contribution is 5.72. The van der Waals surface area contributed by atoms with Gasteiger partial charge in [0.1, 0.15) is 17.1 Å². The molecule has 2 aliphatic carbocycles. The lowest BCUT2D eigenvalue weighted by molar-refractivity contribution is -0.376. The molecule has 7 rings (SSSR count). The first-order chi connectivity index (χ1) is 16.7. The zero-order valence-corrected chi connectivity index (χ0v) is 21.6. The molecule has 0 aromatic rings. The van der Waals surface area contributed by atoms with Gasteiger partial charge in [-0.15, -0.1) is 0 Å². The fraction of sp³-hybridized carbons (Fsp3) is 0.926. The summed E-state index contributed by atoms with van der Waals surface area (Å²) in [5.41, 5.74) is -1.50. The van der Waals surface area contributed by atoms with Crippen LogP contribution >= 0.6 is 0 Å². The van der Waals surface area contributed by atoms with Crippen LogP contribution in [0.4, 0.5) is 0 Å². The number of rotatable bonds is 5. The van der Waals surface area contributed by atoms with Gasteiger partial charge in [-0.3, -0.25) is 9.59 Å². The first kappa shape index (κ1) is 24.1. The Morgan fingerprint density at radius 1 is 1.14 bits per heavy atom. The zero-order valence-electron chi connectivity index (χ0n) is 21.6. The number of carbonyl (C=O) groups excluding carboxylic acids is 2. The molecule has 5 unspecified atom stereocenters. The molecule has 2 bridgehead atoms. The second kappa shape index (κ2) is 8.14. The van der Waals surface area contributed by atoms with Crippen LogP contribution in [0.5, 0.6) is 0 Å². The standard InChI is InChI=1S/C27H40O8/c1-6-14(2)22(29)35-24-27-19(11-18(33-24)12-26(27)13-31-26)25(5,15(3)9-21(27)32-16(4)28)20-10-17-7-8-30-23(17)34-20/h14-15,17-21,23-24H,6-13H2,1-5H3/t14?,15-,17-,18-,19?,20+,21?,23+,24-,25+,26?,27?/m1/s1. The van der Waals surface area contributed by atoms with E-state index in [0.717, 1.165) is 32.3 Å². The highest BCUT2D eigenvalue weighted by atomic mass is 16.7. The quantitative estimate of drug-likeness (QED) is 0.425. The topological polar surface area (TPSA) is 92.8 Å².